The number of rotatable bonds is 8. The molecular formula is C28H26BrClN4O2. The number of carbonyl (C=O) groups is 2. The third kappa shape index (κ3) is 6.22. The number of anilines is 1. The SMILES string of the molecule is CC(C)CN(CC(=O)Nc1cc(-c2ccccc2)nn1-c1ccccc1Cl)C(=O)c1cccc(Br)c1. The molecule has 0 saturated carbocycles. The van der Waals surface area contributed by atoms with E-state index < -0.39 is 0 Å². The van der Waals surface area contributed by atoms with Crippen molar-refractivity contribution in [2.75, 3.05) is 18.4 Å². The maximum atomic E-state index is 13.2. The molecule has 0 atom stereocenters. The van der Waals surface area contributed by atoms with Gasteiger partial charge in [0, 0.05) is 28.2 Å². The van der Waals surface area contributed by atoms with Crippen molar-refractivity contribution in [1.82, 2.24) is 14.7 Å². The van der Waals surface area contributed by atoms with E-state index in [4.69, 9.17) is 16.7 Å². The number of nitrogens with zero attached hydrogens (tertiary/aromatic N) is 3. The summed E-state index contributed by atoms with van der Waals surface area (Å²) in [4.78, 5) is 28.0. The van der Waals surface area contributed by atoms with E-state index >= 15 is 0 Å². The van der Waals surface area contributed by atoms with Gasteiger partial charge in [-0.25, -0.2) is 4.68 Å². The van der Waals surface area contributed by atoms with Crippen LogP contribution in [0.25, 0.3) is 16.9 Å². The molecule has 0 bridgehead atoms. The van der Waals surface area contributed by atoms with E-state index in [9.17, 15) is 9.59 Å². The number of para-hydroxylation sites is 1. The Bertz CT molecular complexity index is 1370. The van der Waals surface area contributed by atoms with Crippen LogP contribution in [0.4, 0.5) is 5.82 Å². The van der Waals surface area contributed by atoms with E-state index in [2.05, 4.69) is 21.2 Å². The van der Waals surface area contributed by atoms with Crippen LogP contribution in [-0.4, -0.2) is 39.6 Å². The first-order valence-electron chi connectivity index (χ1n) is 11.6. The zero-order valence-corrected chi connectivity index (χ0v) is 22.3. The second-order valence-corrected chi connectivity index (χ2v) is 10.1. The van der Waals surface area contributed by atoms with Gasteiger partial charge in [0.2, 0.25) is 5.91 Å². The van der Waals surface area contributed by atoms with Crippen molar-refractivity contribution < 1.29 is 9.59 Å². The fourth-order valence-electron chi connectivity index (χ4n) is 3.85. The third-order valence-electron chi connectivity index (χ3n) is 5.41. The van der Waals surface area contributed by atoms with Crippen LogP contribution in [0.3, 0.4) is 0 Å². The second kappa shape index (κ2) is 11.5. The maximum absolute atomic E-state index is 13.2. The normalized spacial score (nSPS) is 10.9. The van der Waals surface area contributed by atoms with Gasteiger partial charge in [0.15, 0.2) is 0 Å². The van der Waals surface area contributed by atoms with Crippen molar-refractivity contribution in [3.8, 4) is 16.9 Å². The van der Waals surface area contributed by atoms with E-state index in [1.807, 2.05) is 68.4 Å². The van der Waals surface area contributed by atoms with E-state index in [1.54, 1.807) is 39.9 Å². The molecule has 4 rings (SSSR count). The number of benzene rings is 3. The van der Waals surface area contributed by atoms with E-state index in [0.717, 1.165) is 10.0 Å². The predicted molar refractivity (Wildman–Crippen MR) is 148 cm³/mol. The first kappa shape index (κ1) is 25.7. The number of hydrogen-bond acceptors (Lipinski definition) is 3. The summed E-state index contributed by atoms with van der Waals surface area (Å²) in [7, 11) is 0. The van der Waals surface area contributed by atoms with Crippen LogP contribution in [0.1, 0.15) is 24.2 Å². The lowest BCUT2D eigenvalue weighted by Crippen LogP contribution is -2.40. The van der Waals surface area contributed by atoms with Crippen molar-refractivity contribution in [1.29, 1.82) is 0 Å². The fourth-order valence-corrected chi connectivity index (χ4v) is 4.46. The Hall–Kier alpha value is -3.42. The molecule has 0 aliphatic carbocycles. The van der Waals surface area contributed by atoms with Gasteiger partial charge < -0.3 is 10.2 Å². The van der Waals surface area contributed by atoms with E-state index in [-0.39, 0.29) is 24.3 Å². The minimum atomic E-state index is -0.327. The monoisotopic (exact) mass is 564 g/mol. The largest absolute Gasteiger partial charge is 0.329 e. The second-order valence-electron chi connectivity index (χ2n) is 8.78. The average molecular weight is 566 g/mol. The molecule has 1 aromatic heterocycles. The molecular weight excluding hydrogens is 540 g/mol. The van der Waals surface area contributed by atoms with Gasteiger partial charge in [-0.05, 0) is 36.2 Å². The molecule has 0 spiro atoms. The molecule has 36 heavy (non-hydrogen) atoms. The van der Waals surface area contributed by atoms with Crippen molar-refractivity contribution >= 4 is 45.2 Å². The first-order valence-corrected chi connectivity index (χ1v) is 12.7. The molecule has 0 aliphatic rings. The maximum Gasteiger partial charge on any atom is 0.254 e. The molecule has 0 radical (unpaired) electrons. The molecule has 184 valence electrons. The summed E-state index contributed by atoms with van der Waals surface area (Å²) in [6.45, 7) is 4.37. The summed E-state index contributed by atoms with van der Waals surface area (Å²) in [6, 6.07) is 26.0. The first-order chi connectivity index (χ1) is 17.3. The topological polar surface area (TPSA) is 67.2 Å². The Morgan fingerprint density at radius 1 is 1.00 bits per heavy atom. The molecule has 1 N–H and O–H groups in total. The van der Waals surface area contributed by atoms with Crippen LogP contribution >= 0.6 is 27.5 Å². The van der Waals surface area contributed by atoms with Crippen LogP contribution in [0, 0.1) is 5.92 Å². The lowest BCUT2D eigenvalue weighted by Gasteiger charge is -2.24. The minimum Gasteiger partial charge on any atom is -0.329 e. The lowest BCUT2D eigenvalue weighted by molar-refractivity contribution is -0.117. The summed E-state index contributed by atoms with van der Waals surface area (Å²) in [5.41, 5.74) is 2.76. The highest BCUT2D eigenvalue weighted by Crippen LogP contribution is 2.28. The fraction of sp³-hybridized carbons (Fsp3) is 0.179. The summed E-state index contributed by atoms with van der Waals surface area (Å²) in [6.07, 6.45) is 0. The Kier molecular flexibility index (Phi) is 8.23. The van der Waals surface area contributed by atoms with Crippen LogP contribution in [0.5, 0.6) is 0 Å². The van der Waals surface area contributed by atoms with Crippen LogP contribution in [0.2, 0.25) is 5.02 Å². The molecule has 4 aromatic rings. The molecule has 0 unspecified atom stereocenters. The molecule has 0 aliphatic heterocycles. The predicted octanol–water partition coefficient (Wildman–Crippen LogP) is 6.69. The minimum absolute atomic E-state index is 0.0993. The van der Waals surface area contributed by atoms with Crippen LogP contribution in [-0.2, 0) is 4.79 Å². The number of hydrogen-bond donors (Lipinski definition) is 1. The van der Waals surface area contributed by atoms with Crippen LogP contribution in [0.15, 0.2) is 89.4 Å². The van der Waals surface area contributed by atoms with Gasteiger partial charge >= 0.3 is 0 Å². The van der Waals surface area contributed by atoms with Crippen molar-refractivity contribution in [2.24, 2.45) is 5.92 Å². The molecule has 0 saturated heterocycles. The Balaban J connectivity index is 1.63. The number of amides is 2. The van der Waals surface area contributed by atoms with Crippen LogP contribution < -0.4 is 5.32 Å². The summed E-state index contributed by atoms with van der Waals surface area (Å²) < 4.78 is 2.42. The van der Waals surface area contributed by atoms with Crippen molar-refractivity contribution in [3.63, 3.8) is 0 Å². The third-order valence-corrected chi connectivity index (χ3v) is 6.22. The van der Waals surface area contributed by atoms with Gasteiger partial charge in [-0.15, -0.1) is 0 Å². The molecule has 1 heterocycles. The molecule has 2 amide bonds. The van der Waals surface area contributed by atoms with Crippen molar-refractivity contribution in [2.45, 2.75) is 13.8 Å². The highest BCUT2D eigenvalue weighted by molar-refractivity contribution is 9.10. The Morgan fingerprint density at radius 2 is 1.72 bits per heavy atom. The number of nitrogens with one attached hydrogen (secondary N) is 1. The van der Waals surface area contributed by atoms with Gasteiger partial charge in [-0.2, -0.15) is 5.10 Å². The van der Waals surface area contributed by atoms with Gasteiger partial charge in [0.25, 0.3) is 5.91 Å². The number of aromatic nitrogens is 2. The molecule has 8 heteroatoms. The zero-order valence-electron chi connectivity index (χ0n) is 20.0. The quantitative estimate of drug-likeness (QED) is 0.259. The highest BCUT2D eigenvalue weighted by Gasteiger charge is 2.22. The zero-order chi connectivity index (χ0) is 25.7. The molecule has 6 nitrogen and oxygen atoms in total. The Morgan fingerprint density at radius 3 is 2.42 bits per heavy atom. The standard InChI is InChI=1S/C28H26BrClN4O2/c1-19(2)17-33(28(36)21-11-8-12-22(29)15-21)18-27(35)31-26-16-24(20-9-4-3-5-10-20)32-34(26)25-14-7-6-13-23(25)30/h3-16,19H,17-18H2,1-2H3,(H,31,35). The smallest absolute Gasteiger partial charge is 0.254 e. The highest BCUT2D eigenvalue weighted by atomic mass is 79.9. The van der Waals surface area contributed by atoms with Gasteiger partial charge in [0.1, 0.15) is 12.4 Å². The number of halogens is 2. The van der Waals surface area contributed by atoms with Gasteiger partial charge in [-0.1, -0.05) is 89.9 Å². The summed E-state index contributed by atoms with van der Waals surface area (Å²) in [5, 5.41) is 8.17. The van der Waals surface area contributed by atoms with Crippen molar-refractivity contribution in [3.05, 3.63) is 100.0 Å². The summed E-state index contributed by atoms with van der Waals surface area (Å²) >= 11 is 9.87. The molecule has 0 fully saturated rings. The van der Waals surface area contributed by atoms with E-state index in [1.165, 1.54) is 0 Å². The average Bonchev–Trinajstić information content (AvgIpc) is 3.27. The lowest BCUT2D eigenvalue weighted by atomic mass is 10.1. The Labute approximate surface area is 224 Å². The van der Waals surface area contributed by atoms with Gasteiger partial charge in [-0.3, -0.25) is 9.59 Å². The molecule has 3 aromatic carbocycles. The summed E-state index contributed by atoms with van der Waals surface area (Å²) in [5.74, 6) is 0.121. The van der Waals surface area contributed by atoms with Gasteiger partial charge in [0.05, 0.1) is 16.4 Å². The number of carbonyl (C=O) groups excluding carboxylic acids is 2. The van der Waals surface area contributed by atoms with E-state index in [0.29, 0.717) is 34.3 Å².